The van der Waals surface area contributed by atoms with Crippen molar-refractivity contribution in [1.82, 2.24) is 0 Å². The van der Waals surface area contributed by atoms with Gasteiger partial charge in [0.1, 0.15) is 0 Å². The maximum absolute atomic E-state index is 12.3. The number of ether oxygens (including phenoxy) is 5. The molecule has 0 aromatic rings. The lowest BCUT2D eigenvalue weighted by atomic mass is 9.60. The van der Waals surface area contributed by atoms with Gasteiger partial charge in [-0.2, -0.15) is 0 Å². The van der Waals surface area contributed by atoms with Crippen molar-refractivity contribution >= 4 is 11.9 Å². The monoisotopic (exact) mass is 346 g/mol. The van der Waals surface area contributed by atoms with E-state index in [-0.39, 0.29) is 36.3 Å². The fraction of sp³-hybridized carbons (Fsp3) is 0.667. The van der Waals surface area contributed by atoms with Gasteiger partial charge >= 0.3 is 11.9 Å². The van der Waals surface area contributed by atoms with Gasteiger partial charge in [-0.05, 0) is 0 Å². The van der Waals surface area contributed by atoms with E-state index < -0.39 is 24.1 Å². The molecular formula is C18H18O7. The summed E-state index contributed by atoms with van der Waals surface area (Å²) in [5, 5.41) is 0. The molecule has 6 aliphatic heterocycles. The highest BCUT2D eigenvalue weighted by molar-refractivity contribution is 6.03. The average Bonchev–Trinajstić information content (AvgIpc) is 3.42. The lowest BCUT2D eigenvalue weighted by Gasteiger charge is -2.37. The summed E-state index contributed by atoms with van der Waals surface area (Å²) in [5.41, 5.74) is 0.626. The summed E-state index contributed by atoms with van der Waals surface area (Å²) in [6.45, 7) is 0. The third-order valence-corrected chi connectivity index (χ3v) is 6.95. The van der Waals surface area contributed by atoms with E-state index in [4.69, 9.17) is 23.7 Å². The molecule has 6 rings (SSSR count). The summed E-state index contributed by atoms with van der Waals surface area (Å²) in [6, 6.07) is 0. The van der Waals surface area contributed by atoms with Gasteiger partial charge < -0.3 is 23.7 Å². The van der Waals surface area contributed by atoms with E-state index >= 15 is 0 Å². The summed E-state index contributed by atoms with van der Waals surface area (Å²) in [5.74, 6) is -0.288. The number of carbonyl (C=O) groups is 2. The van der Waals surface area contributed by atoms with Crippen molar-refractivity contribution in [2.45, 2.75) is 36.6 Å². The van der Waals surface area contributed by atoms with Gasteiger partial charge in [-0.3, -0.25) is 0 Å². The Balaban J connectivity index is 1.44. The van der Waals surface area contributed by atoms with Crippen LogP contribution in [0.5, 0.6) is 0 Å². The number of carbonyl (C=O) groups excluding carboxylic acids is 2. The fourth-order valence-electron chi connectivity index (χ4n) is 6.26. The van der Waals surface area contributed by atoms with Crippen LogP contribution in [-0.2, 0) is 33.3 Å². The zero-order chi connectivity index (χ0) is 17.0. The van der Waals surface area contributed by atoms with Crippen LogP contribution < -0.4 is 0 Å². The van der Waals surface area contributed by atoms with Crippen molar-refractivity contribution in [1.29, 1.82) is 0 Å². The van der Waals surface area contributed by atoms with Gasteiger partial charge in [-0.25, -0.2) is 9.59 Å². The molecular weight excluding hydrogens is 328 g/mol. The fourth-order valence-corrected chi connectivity index (χ4v) is 6.26. The van der Waals surface area contributed by atoms with Crippen LogP contribution in [0.1, 0.15) is 0 Å². The zero-order valence-corrected chi connectivity index (χ0v) is 13.8. The molecule has 0 saturated carbocycles. The van der Waals surface area contributed by atoms with Crippen LogP contribution in [0, 0.1) is 23.7 Å². The highest BCUT2D eigenvalue weighted by Crippen LogP contribution is 2.65. The average molecular weight is 346 g/mol. The number of hydrogen-bond acceptors (Lipinski definition) is 7. The Kier molecular flexibility index (Phi) is 2.62. The minimum absolute atomic E-state index is 0.00574. The second-order valence-corrected chi connectivity index (χ2v) is 7.61. The Morgan fingerprint density at radius 1 is 0.760 bits per heavy atom. The summed E-state index contributed by atoms with van der Waals surface area (Å²) in [7, 11) is 2.63. The molecule has 0 radical (unpaired) electrons. The lowest BCUT2D eigenvalue weighted by molar-refractivity contribution is -0.140. The molecule has 7 nitrogen and oxygen atoms in total. The lowest BCUT2D eigenvalue weighted by Crippen LogP contribution is -2.49. The van der Waals surface area contributed by atoms with Crippen LogP contribution >= 0.6 is 0 Å². The minimum atomic E-state index is -0.519. The van der Waals surface area contributed by atoms with E-state index in [1.54, 1.807) is 0 Å². The van der Waals surface area contributed by atoms with Crippen molar-refractivity contribution in [2.24, 2.45) is 23.7 Å². The van der Waals surface area contributed by atoms with Gasteiger partial charge in [0, 0.05) is 23.7 Å². The van der Waals surface area contributed by atoms with Crippen LogP contribution in [0.3, 0.4) is 0 Å². The first-order chi connectivity index (χ1) is 12.2. The minimum Gasteiger partial charge on any atom is -0.466 e. The van der Waals surface area contributed by atoms with Gasteiger partial charge in [-0.15, -0.1) is 0 Å². The topological polar surface area (TPSA) is 80.3 Å². The molecule has 4 saturated heterocycles. The Morgan fingerprint density at radius 2 is 1.24 bits per heavy atom. The van der Waals surface area contributed by atoms with Crippen molar-refractivity contribution in [2.75, 3.05) is 14.2 Å². The number of esters is 2. The Labute approximate surface area is 143 Å². The van der Waals surface area contributed by atoms with E-state index in [1.165, 1.54) is 14.2 Å². The number of methoxy groups -OCH3 is 2. The maximum Gasteiger partial charge on any atom is 0.337 e. The maximum atomic E-state index is 12.3. The normalized spacial score (nSPS) is 52.7. The standard InChI is InChI=1S/C18H18O7/c1-21-17(19)11-12(18(20)22-2)16-10-9(15(11)25-16)13-7-5-3-4-6(23-5)8(7)14(10)24-13/h3-10,13-16H,1-2H3/t5-,6-,7-,8+,9-,10+,13-,14-,15+,16-/m0/s1. The Morgan fingerprint density at radius 3 is 1.68 bits per heavy atom. The molecule has 6 heterocycles. The molecule has 0 spiro atoms. The van der Waals surface area contributed by atoms with Gasteiger partial charge in [0.25, 0.3) is 0 Å². The van der Waals surface area contributed by atoms with E-state index in [0.717, 1.165) is 0 Å². The summed E-state index contributed by atoms with van der Waals surface area (Å²) in [4.78, 5) is 24.7. The Bertz CT molecular complexity index is 697. The second kappa shape index (κ2) is 4.52. The first-order valence-corrected chi connectivity index (χ1v) is 8.71. The molecule has 0 aromatic heterocycles. The first kappa shape index (κ1) is 14.5. The molecule has 0 N–H and O–H groups in total. The molecule has 0 unspecified atom stereocenters. The van der Waals surface area contributed by atoms with E-state index in [0.29, 0.717) is 23.0 Å². The molecule has 10 atom stereocenters. The quantitative estimate of drug-likeness (QED) is 0.514. The van der Waals surface area contributed by atoms with Crippen molar-refractivity contribution < 1.29 is 33.3 Å². The van der Waals surface area contributed by atoms with E-state index in [1.807, 2.05) is 0 Å². The SMILES string of the molecule is COC(=O)C1=C(C(=O)OC)[C@@H]2O[C@H]1[C@H]1[C@H]3O[C@@H]([C@@H]4[C@H]3[C@@H]3C=C[C@@H]4O3)[C@H]12. The molecule has 0 amide bonds. The molecule has 0 aliphatic carbocycles. The molecule has 7 heteroatoms. The number of fused-ring (bicyclic) bond motifs is 16. The molecule has 0 aromatic carbocycles. The summed E-state index contributed by atoms with van der Waals surface area (Å²) in [6.07, 6.45) is 3.49. The van der Waals surface area contributed by atoms with Gasteiger partial charge in [0.15, 0.2) is 0 Å². The van der Waals surface area contributed by atoms with Crippen molar-refractivity contribution in [3.05, 3.63) is 23.3 Å². The van der Waals surface area contributed by atoms with Crippen LogP contribution in [0.2, 0.25) is 0 Å². The predicted octanol–water partition coefficient (Wildman–Crippen LogP) is -0.00700. The van der Waals surface area contributed by atoms with Crippen molar-refractivity contribution in [3.8, 4) is 0 Å². The third kappa shape index (κ3) is 1.46. The molecule has 6 aliphatic rings. The number of hydrogen-bond donors (Lipinski definition) is 0. The van der Waals surface area contributed by atoms with Gasteiger partial charge in [-0.1, -0.05) is 12.2 Å². The highest BCUT2D eigenvalue weighted by atomic mass is 16.6. The van der Waals surface area contributed by atoms with E-state index in [9.17, 15) is 9.59 Å². The summed E-state index contributed by atoms with van der Waals surface area (Å²) < 4.78 is 28.4. The van der Waals surface area contributed by atoms with Crippen LogP contribution in [0.25, 0.3) is 0 Å². The van der Waals surface area contributed by atoms with Gasteiger partial charge in [0.2, 0.25) is 0 Å². The molecule has 25 heavy (non-hydrogen) atoms. The Hall–Kier alpha value is -1.70. The molecule has 6 bridgehead atoms. The summed E-state index contributed by atoms with van der Waals surface area (Å²) >= 11 is 0. The molecule has 4 fully saturated rings. The van der Waals surface area contributed by atoms with Crippen LogP contribution in [0.4, 0.5) is 0 Å². The molecule has 132 valence electrons. The second-order valence-electron chi connectivity index (χ2n) is 7.61. The number of rotatable bonds is 2. The van der Waals surface area contributed by atoms with Crippen molar-refractivity contribution in [3.63, 3.8) is 0 Å². The van der Waals surface area contributed by atoms with E-state index in [2.05, 4.69) is 12.2 Å². The van der Waals surface area contributed by atoms with Gasteiger partial charge in [0.05, 0.1) is 62.0 Å². The van der Waals surface area contributed by atoms with Crippen LogP contribution in [-0.4, -0.2) is 62.8 Å². The largest absolute Gasteiger partial charge is 0.466 e. The first-order valence-electron chi connectivity index (χ1n) is 8.71. The van der Waals surface area contributed by atoms with Crippen LogP contribution in [0.15, 0.2) is 23.3 Å². The zero-order valence-electron chi connectivity index (χ0n) is 13.8. The third-order valence-electron chi connectivity index (χ3n) is 6.95. The predicted molar refractivity (Wildman–Crippen MR) is 80.1 cm³/mol. The smallest absolute Gasteiger partial charge is 0.337 e. The highest BCUT2D eigenvalue weighted by Gasteiger charge is 2.75.